The highest BCUT2D eigenvalue weighted by atomic mass is 35.7. The number of hydrogen-bond acceptors (Lipinski definition) is 3. The molecule has 3 nitrogen and oxygen atoms in total. The van der Waals surface area contributed by atoms with Crippen molar-refractivity contribution in [2.75, 3.05) is 0 Å². The van der Waals surface area contributed by atoms with Gasteiger partial charge >= 0.3 is 23.4 Å². The summed E-state index contributed by atoms with van der Waals surface area (Å²) in [5.41, 5.74) is 0. The summed E-state index contributed by atoms with van der Waals surface area (Å²) in [4.78, 5) is 0. The third kappa shape index (κ3) is 9.89. The molecule has 0 atom stereocenters. The van der Waals surface area contributed by atoms with E-state index in [1.165, 1.54) is 0 Å². The Morgan fingerprint density at radius 1 is 0.875 bits per heavy atom. The maximum absolute atomic E-state index is 5.94. The zero-order valence-electron chi connectivity index (χ0n) is 9.81. The molecule has 0 aliphatic carbocycles. The van der Waals surface area contributed by atoms with Gasteiger partial charge in [0.2, 0.25) is 0 Å². The van der Waals surface area contributed by atoms with E-state index in [9.17, 15) is 0 Å². The lowest BCUT2D eigenvalue weighted by Gasteiger charge is -2.34. The minimum Gasteiger partial charge on any atom is -0.437 e. The first-order valence-electron chi connectivity index (χ1n) is 4.57. The molecule has 0 aromatic heterocycles. The predicted octanol–water partition coefficient (Wildman–Crippen LogP) is 3.68. The summed E-state index contributed by atoms with van der Waals surface area (Å²) >= 11 is 23.0. The zero-order chi connectivity index (χ0) is 13.2. The SMILES string of the molecule is C[Si](C)(C)O[Si](C)(C)O[Si](Cl)(Cl)O[SiH](Cl)Cl. The largest absolute Gasteiger partial charge is 0.533 e. The molecule has 0 bridgehead atoms. The summed E-state index contributed by atoms with van der Waals surface area (Å²) in [5, 5.41) is 0. The van der Waals surface area contributed by atoms with E-state index < -0.39 is 31.7 Å². The van der Waals surface area contributed by atoms with E-state index in [4.69, 9.17) is 56.7 Å². The van der Waals surface area contributed by atoms with Crippen molar-refractivity contribution in [3.63, 3.8) is 0 Å². The van der Waals surface area contributed by atoms with Crippen molar-refractivity contribution in [3.05, 3.63) is 0 Å². The Morgan fingerprint density at radius 3 is 1.62 bits per heavy atom. The fourth-order valence-corrected chi connectivity index (χ4v) is 20.2. The van der Waals surface area contributed by atoms with Gasteiger partial charge in [0.15, 0.2) is 8.32 Å². The lowest BCUT2D eigenvalue weighted by Crippen LogP contribution is -2.51. The first kappa shape index (κ1) is 17.9. The van der Waals surface area contributed by atoms with Gasteiger partial charge in [-0.2, -0.15) is 0 Å². The van der Waals surface area contributed by atoms with Gasteiger partial charge in [0.1, 0.15) is 0 Å². The summed E-state index contributed by atoms with van der Waals surface area (Å²) in [6.45, 7) is 9.95. The van der Waals surface area contributed by atoms with Crippen LogP contribution < -0.4 is 0 Å². The number of halogens is 4. The van der Waals surface area contributed by atoms with Crippen molar-refractivity contribution in [2.45, 2.75) is 32.7 Å². The first-order valence-corrected chi connectivity index (χ1v) is 18.6. The van der Waals surface area contributed by atoms with Crippen LogP contribution in [0, 0.1) is 0 Å². The maximum Gasteiger partial charge on any atom is 0.533 e. The lowest BCUT2D eigenvalue weighted by molar-refractivity contribution is 0.362. The molecular weight excluding hydrogens is 362 g/mol. The molecule has 0 fully saturated rings. The van der Waals surface area contributed by atoms with Gasteiger partial charge < -0.3 is 12.3 Å². The standard InChI is InChI=1S/C5H16Cl4O3Si4/c1-14(2,3)11-15(4,5)12-16(8,9)10-13(6)7/h13H,1-5H3. The molecule has 0 spiro atoms. The van der Waals surface area contributed by atoms with Crippen LogP contribution in [-0.4, -0.2) is 31.7 Å². The number of hydrogen-bond donors (Lipinski definition) is 0. The van der Waals surface area contributed by atoms with Crippen LogP contribution in [0.3, 0.4) is 0 Å². The smallest absolute Gasteiger partial charge is 0.437 e. The van der Waals surface area contributed by atoms with Crippen LogP contribution in [0.4, 0.5) is 0 Å². The Morgan fingerprint density at radius 2 is 1.31 bits per heavy atom. The third-order valence-corrected chi connectivity index (χ3v) is 14.9. The summed E-state index contributed by atoms with van der Waals surface area (Å²) in [6, 6.07) is 0. The van der Waals surface area contributed by atoms with E-state index in [1.807, 2.05) is 13.1 Å². The van der Waals surface area contributed by atoms with Crippen LogP contribution in [0.2, 0.25) is 32.7 Å². The highest BCUT2D eigenvalue weighted by molar-refractivity contribution is 7.45. The van der Waals surface area contributed by atoms with E-state index in [2.05, 4.69) is 19.6 Å². The van der Waals surface area contributed by atoms with Crippen LogP contribution in [-0.2, 0) is 12.3 Å². The first-order chi connectivity index (χ1) is 6.83. The van der Waals surface area contributed by atoms with Gasteiger partial charge in [0, 0.05) is 0 Å². The molecule has 0 unspecified atom stereocenters. The average Bonchev–Trinajstić information content (AvgIpc) is 1.69. The van der Waals surface area contributed by atoms with Gasteiger partial charge in [-0.05, 0) is 32.7 Å². The fraction of sp³-hybridized carbons (Fsp3) is 1.00. The van der Waals surface area contributed by atoms with Crippen LogP contribution in [0.25, 0.3) is 0 Å². The van der Waals surface area contributed by atoms with Crippen LogP contribution in [0.5, 0.6) is 0 Å². The van der Waals surface area contributed by atoms with Gasteiger partial charge in [-0.3, -0.25) is 0 Å². The van der Waals surface area contributed by atoms with Crippen molar-refractivity contribution in [3.8, 4) is 0 Å². The van der Waals surface area contributed by atoms with Gasteiger partial charge in [-0.1, -0.05) is 22.2 Å². The Kier molecular flexibility index (Phi) is 7.13. The van der Waals surface area contributed by atoms with E-state index in [0.717, 1.165) is 0 Å². The van der Waals surface area contributed by atoms with Crippen molar-refractivity contribution >= 4 is 76.0 Å². The molecule has 0 aliphatic rings. The zero-order valence-corrected chi connectivity index (χ0v) is 17.0. The number of rotatable bonds is 6. The highest BCUT2D eigenvalue weighted by Gasteiger charge is 2.45. The monoisotopic (exact) mass is 376 g/mol. The Bertz CT molecular complexity index is 232. The average molecular weight is 378 g/mol. The Hall–Kier alpha value is 1.91. The van der Waals surface area contributed by atoms with E-state index in [-0.39, 0.29) is 0 Å². The van der Waals surface area contributed by atoms with Gasteiger partial charge in [0.25, 0.3) is 0 Å². The molecule has 0 radical (unpaired) electrons. The maximum atomic E-state index is 5.94. The second-order valence-corrected chi connectivity index (χ2v) is 22.2. The molecule has 0 amide bonds. The molecule has 0 aromatic rings. The Balaban J connectivity index is 4.45. The topological polar surface area (TPSA) is 27.7 Å². The molecule has 98 valence electrons. The van der Waals surface area contributed by atoms with Gasteiger partial charge in [-0.15, -0.1) is 22.2 Å². The molecule has 0 aromatic carbocycles. The van der Waals surface area contributed by atoms with E-state index in [1.54, 1.807) is 0 Å². The van der Waals surface area contributed by atoms with Crippen LogP contribution >= 0.6 is 44.3 Å². The van der Waals surface area contributed by atoms with Crippen molar-refractivity contribution in [2.24, 2.45) is 0 Å². The predicted molar refractivity (Wildman–Crippen MR) is 80.4 cm³/mol. The fourth-order valence-electron chi connectivity index (χ4n) is 1.17. The second kappa shape index (κ2) is 6.37. The molecule has 0 N–H and O–H groups in total. The van der Waals surface area contributed by atoms with E-state index >= 15 is 0 Å². The van der Waals surface area contributed by atoms with Crippen molar-refractivity contribution in [1.29, 1.82) is 0 Å². The van der Waals surface area contributed by atoms with Gasteiger partial charge in [-0.25, -0.2) is 0 Å². The summed E-state index contributed by atoms with van der Waals surface area (Å²) in [6.07, 6.45) is 0. The van der Waals surface area contributed by atoms with Crippen molar-refractivity contribution in [1.82, 2.24) is 0 Å². The normalized spacial score (nSPS) is 14.6. The summed E-state index contributed by atoms with van der Waals surface area (Å²) < 4.78 is 16.6. The van der Waals surface area contributed by atoms with Crippen molar-refractivity contribution < 1.29 is 12.3 Å². The molecule has 11 heteroatoms. The van der Waals surface area contributed by atoms with Gasteiger partial charge in [0.05, 0.1) is 0 Å². The van der Waals surface area contributed by atoms with Crippen LogP contribution in [0.15, 0.2) is 0 Å². The summed E-state index contributed by atoms with van der Waals surface area (Å²) in [5.74, 6) is 0. The second-order valence-electron chi connectivity index (χ2n) is 4.56. The highest BCUT2D eigenvalue weighted by Crippen LogP contribution is 2.27. The molecule has 0 rings (SSSR count). The van der Waals surface area contributed by atoms with Crippen LogP contribution in [0.1, 0.15) is 0 Å². The summed E-state index contributed by atoms with van der Waals surface area (Å²) in [7, 11) is -9.75. The molecule has 0 aliphatic heterocycles. The third-order valence-electron chi connectivity index (χ3n) is 1.14. The molecule has 0 heterocycles. The minimum absolute atomic E-state index is 1.70. The molecule has 0 saturated heterocycles. The molecular formula is C5H16Cl4O3Si4. The molecule has 0 saturated carbocycles. The lowest BCUT2D eigenvalue weighted by atomic mass is 11.8. The van der Waals surface area contributed by atoms with E-state index in [0.29, 0.717) is 0 Å². The Labute approximate surface area is 120 Å². The minimum atomic E-state index is -3.30. The molecule has 16 heavy (non-hydrogen) atoms. The quantitative estimate of drug-likeness (QED) is 0.521.